The molecule has 1 aromatic carbocycles. The predicted molar refractivity (Wildman–Crippen MR) is 70.5 cm³/mol. The Morgan fingerprint density at radius 3 is 2.53 bits per heavy atom. The van der Waals surface area contributed by atoms with Gasteiger partial charge in [-0.2, -0.15) is 0 Å². The molecule has 0 amide bonds. The molecule has 0 saturated heterocycles. The van der Waals surface area contributed by atoms with Crippen LogP contribution in [0.5, 0.6) is 0 Å². The first-order valence-corrected chi connectivity index (χ1v) is 6.34. The highest BCUT2D eigenvalue weighted by atomic mass is 19.1. The fraction of sp³-hybridized carbons (Fsp3) is 0.571. The summed E-state index contributed by atoms with van der Waals surface area (Å²) >= 11 is 0. The molecule has 3 heteroatoms. The van der Waals surface area contributed by atoms with Crippen molar-refractivity contribution in [3.05, 3.63) is 35.1 Å². The minimum Gasteiger partial charge on any atom is -0.329 e. The quantitative estimate of drug-likeness (QED) is 0.825. The lowest BCUT2D eigenvalue weighted by atomic mass is 9.99. The molecule has 1 aromatic rings. The van der Waals surface area contributed by atoms with Crippen molar-refractivity contribution in [3.8, 4) is 0 Å². The van der Waals surface area contributed by atoms with Crippen LogP contribution in [-0.2, 0) is 0 Å². The van der Waals surface area contributed by atoms with E-state index >= 15 is 0 Å². The van der Waals surface area contributed by atoms with Gasteiger partial charge in [-0.3, -0.25) is 4.90 Å². The zero-order valence-corrected chi connectivity index (χ0v) is 11.0. The van der Waals surface area contributed by atoms with Gasteiger partial charge in [0.1, 0.15) is 5.82 Å². The average molecular weight is 238 g/mol. The molecule has 0 saturated carbocycles. The van der Waals surface area contributed by atoms with Crippen molar-refractivity contribution in [1.82, 2.24) is 4.90 Å². The molecular formula is C14H23FN2. The third-order valence-electron chi connectivity index (χ3n) is 3.17. The smallest absolute Gasteiger partial charge is 0.123 e. The van der Waals surface area contributed by atoms with E-state index in [0.717, 1.165) is 30.6 Å². The molecule has 2 nitrogen and oxygen atoms in total. The Morgan fingerprint density at radius 1 is 1.35 bits per heavy atom. The highest BCUT2D eigenvalue weighted by molar-refractivity contribution is 5.29. The van der Waals surface area contributed by atoms with Crippen LogP contribution in [-0.4, -0.2) is 24.5 Å². The number of hydrogen-bond acceptors (Lipinski definition) is 2. The molecule has 0 radical (unpaired) electrons. The van der Waals surface area contributed by atoms with Crippen molar-refractivity contribution >= 4 is 0 Å². The number of benzene rings is 1. The second-order valence-electron chi connectivity index (χ2n) is 4.38. The van der Waals surface area contributed by atoms with Gasteiger partial charge in [-0.05, 0) is 49.7 Å². The van der Waals surface area contributed by atoms with Gasteiger partial charge in [0.25, 0.3) is 0 Å². The van der Waals surface area contributed by atoms with Crippen molar-refractivity contribution < 1.29 is 4.39 Å². The van der Waals surface area contributed by atoms with E-state index in [-0.39, 0.29) is 11.9 Å². The number of nitrogens with zero attached hydrogens (tertiary/aromatic N) is 1. The number of likely N-dealkylation sites (N-methyl/N-ethyl adjacent to an activating group) is 1. The molecule has 17 heavy (non-hydrogen) atoms. The first-order valence-electron chi connectivity index (χ1n) is 6.34. The average Bonchev–Trinajstić information content (AvgIpc) is 2.31. The van der Waals surface area contributed by atoms with Crippen LogP contribution in [0.1, 0.15) is 37.4 Å². The van der Waals surface area contributed by atoms with Crippen LogP contribution >= 0.6 is 0 Å². The molecule has 0 heterocycles. The second-order valence-corrected chi connectivity index (χ2v) is 4.38. The number of aryl methyl sites for hydroxylation is 1. The van der Waals surface area contributed by atoms with E-state index in [0.29, 0.717) is 6.54 Å². The number of halogens is 1. The highest BCUT2D eigenvalue weighted by Gasteiger charge is 2.18. The molecule has 1 rings (SSSR count). The summed E-state index contributed by atoms with van der Waals surface area (Å²) in [4.78, 5) is 2.35. The molecule has 0 bridgehead atoms. The van der Waals surface area contributed by atoms with E-state index in [4.69, 9.17) is 5.73 Å². The fourth-order valence-electron chi connectivity index (χ4n) is 2.31. The van der Waals surface area contributed by atoms with Crippen molar-refractivity contribution in [1.29, 1.82) is 0 Å². The van der Waals surface area contributed by atoms with Crippen LogP contribution in [0.2, 0.25) is 0 Å². The Balaban J connectivity index is 2.99. The second kappa shape index (κ2) is 6.72. The third kappa shape index (κ3) is 3.51. The molecule has 2 N–H and O–H groups in total. The van der Waals surface area contributed by atoms with Gasteiger partial charge in [0.05, 0.1) is 0 Å². The van der Waals surface area contributed by atoms with Gasteiger partial charge in [0.2, 0.25) is 0 Å². The van der Waals surface area contributed by atoms with Crippen molar-refractivity contribution in [2.75, 3.05) is 19.6 Å². The van der Waals surface area contributed by atoms with E-state index in [1.165, 1.54) is 6.07 Å². The van der Waals surface area contributed by atoms with Crippen molar-refractivity contribution in [2.45, 2.75) is 33.2 Å². The van der Waals surface area contributed by atoms with Crippen LogP contribution < -0.4 is 5.73 Å². The topological polar surface area (TPSA) is 29.3 Å². The monoisotopic (exact) mass is 238 g/mol. The van der Waals surface area contributed by atoms with E-state index in [2.05, 4.69) is 18.7 Å². The summed E-state index contributed by atoms with van der Waals surface area (Å²) in [5, 5.41) is 0. The summed E-state index contributed by atoms with van der Waals surface area (Å²) in [5.74, 6) is -0.180. The molecule has 0 aromatic heterocycles. The van der Waals surface area contributed by atoms with E-state index < -0.39 is 0 Å². The molecule has 96 valence electrons. The van der Waals surface area contributed by atoms with Crippen LogP contribution in [0.25, 0.3) is 0 Å². The Kier molecular flexibility index (Phi) is 5.59. The van der Waals surface area contributed by atoms with Crippen molar-refractivity contribution in [2.24, 2.45) is 5.73 Å². The number of nitrogens with two attached hydrogens (primary N) is 1. The summed E-state index contributed by atoms with van der Waals surface area (Å²) in [6.07, 6.45) is 1.10. The van der Waals surface area contributed by atoms with Gasteiger partial charge in [0, 0.05) is 12.6 Å². The van der Waals surface area contributed by atoms with E-state index in [9.17, 15) is 4.39 Å². The molecule has 1 atom stereocenters. The Labute approximate surface area is 104 Å². The zero-order valence-electron chi connectivity index (χ0n) is 11.0. The Bertz CT molecular complexity index is 352. The van der Waals surface area contributed by atoms with E-state index in [1.54, 1.807) is 6.07 Å². The van der Waals surface area contributed by atoms with Gasteiger partial charge in [-0.25, -0.2) is 4.39 Å². The van der Waals surface area contributed by atoms with Gasteiger partial charge in [-0.1, -0.05) is 19.9 Å². The lowest BCUT2D eigenvalue weighted by molar-refractivity contribution is 0.212. The molecule has 0 aliphatic rings. The van der Waals surface area contributed by atoms with Crippen LogP contribution in [0.15, 0.2) is 18.2 Å². The molecular weight excluding hydrogens is 215 g/mol. The van der Waals surface area contributed by atoms with Crippen LogP contribution in [0, 0.1) is 12.7 Å². The normalized spacial score (nSPS) is 13.1. The first kappa shape index (κ1) is 14.1. The number of hydrogen-bond donors (Lipinski definition) is 1. The predicted octanol–water partition coefficient (Wildman–Crippen LogP) is 2.87. The van der Waals surface area contributed by atoms with Gasteiger partial charge >= 0.3 is 0 Å². The van der Waals surface area contributed by atoms with E-state index in [1.807, 2.05) is 13.0 Å². The lowest BCUT2D eigenvalue weighted by Crippen LogP contribution is -2.34. The summed E-state index contributed by atoms with van der Waals surface area (Å²) in [6.45, 7) is 8.80. The summed E-state index contributed by atoms with van der Waals surface area (Å²) in [6, 6.07) is 5.16. The maximum absolute atomic E-state index is 13.1. The molecule has 0 aliphatic heterocycles. The molecule has 0 aliphatic carbocycles. The highest BCUT2D eigenvalue weighted by Crippen LogP contribution is 2.23. The van der Waals surface area contributed by atoms with Crippen LogP contribution in [0.4, 0.5) is 4.39 Å². The molecule has 1 unspecified atom stereocenters. The Hall–Kier alpha value is -0.930. The maximum atomic E-state index is 13.1. The summed E-state index contributed by atoms with van der Waals surface area (Å²) < 4.78 is 13.1. The summed E-state index contributed by atoms with van der Waals surface area (Å²) in [7, 11) is 0. The largest absolute Gasteiger partial charge is 0.329 e. The van der Waals surface area contributed by atoms with Gasteiger partial charge in [-0.15, -0.1) is 0 Å². The van der Waals surface area contributed by atoms with Crippen LogP contribution in [0.3, 0.4) is 0 Å². The zero-order chi connectivity index (χ0) is 12.8. The fourth-order valence-corrected chi connectivity index (χ4v) is 2.31. The third-order valence-corrected chi connectivity index (χ3v) is 3.17. The minimum atomic E-state index is -0.180. The van der Waals surface area contributed by atoms with Crippen molar-refractivity contribution in [3.63, 3.8) is 0 Å². The lowest BCUT2D eigenvalue weighted by Gasteiger charge is -2.30. The molecule has 0 spiro atoms. The first-order chi connectivity index (χ1) is 8.13. The molecule has 0 fully saturated rings. The van der Waals surface area contributed by atoms with Gasteiger partial charge < -0.3 is 5.73 Å². The standard InChI is InChI=1S/C14H23FN2/c1-4-8-17(5-2)14(10-16)13-7-6-12(15)9-11(13)3/h6-7,9,14H,4-5,8,10,16H2,1-3H3. The number of rotatable bonds is 6. The summed E-state index contributed by atoms with van der Waals surface area (Å²) in [5.41, 5.74) is 8.01. The Morgan fingerprint density at radius 2 is 2.06 bits per heavy atom. The minimum absolute atomic E-state index is 0.180. The SMILES string of the molecule is CCCN(CC)C(CN)c1ccc(F)cc1C. The van der Waals surface area contributed by atoms with Gasteiger partial charge in [0.15, 0.2) is 0 Å². The maximum Gasteiger partial charge on any atom is 0.123 e.